The minimum Gasteiger partial charge on any atom is -0.481 e. The van der Waals surface area contributed by atoms with E-state index in [0.717, 1.165) is 0 Å². The third-order valence-corrected chi connectivity index (χ3v) is 4.69. The zero-order chi connectivity index (χ0) is 13.1. The molecule has 0 saturated heterocycles. The van der Waals surface area contributed by atoms with E-state index in [-0.39, 0.29) is 37.5 Å². The first-order valence-corrected chi connectivity index (χ1v) is 5.91. The van der Waals surface area contributed by atoms with Crippen molar-refractivity contribution in [3.8, 4) is 0 Å². The standard InChI is InChI=1S/C12H18F2O3/c1-10(2,9(15)16)11(17)3-7-5-12(13,14)6-8(7)4-11/h7-8,17H,3-6H2,1-2H3,(H,15,16)/t7-,8+,11-. The molecule has 0 heterocycles. The number of halogens is 2. The molecule has 0 unspecified atom stereocenters. The van der Waals surface area contributed by atoms with E-state index in [1.807, 2.05) is 0 Å². The smallest absolute Gasteiger partial charge is 0.312 e. The number of carboxylic acid groups (broad SMARTS) is 1. The number of aliphatic hydroxyl groups is 1. The van der Waals surface area contributed by atoms with Crippen LogP contribution in [0.3, 0.4) is 0 Å². The van der Waals surface area contributed by atoms with E-state index in [1.54, 1.807) is 0 Å². The van der Waals surface area contributed by atoms with Gasteiger partial charge in [0.1, 0.15) is 0 Å². The summed E-state index contributed by atoms with van der Waals surface area (Å²) in [5, 5.41) is 19.6. The summed E-state index contributed by atoms with van der Waals surface area (Å²) in [7, 11) is 0. The molecule has 0 amide bonds. The Morgan fingerprint density at radius 1 is 1.18 bits per heavy atom. The number of fused-ring (bicyclic) bond motifs is 1. The molecule has 0 bridgehead atoms. The summed E-state index contributed by atoms with van der Waals surface area (Å²) in [5.74, 6) is -4.20. The molecule has 0 radical (unpaired) electrons. The average molecular weight is 248 g/mol. The van der Waals surface area contributed by atoms with Crippen molar-refractivity contribution >= 4 is 5.97 Å². The molecule has 5 heteroatoms. The molecule has 2 N–H and O–H groups in total. The van der Waals surface area contributed by atoms with E-state index in [0.29, 0.717) is 0 Å². The maximum absolute atomic E-state index is 13.2. The highest BCUT2D eigenvalue weighted by Crippen LogP contribution is 2.58. The van der Waals surface area contributed by atoms with Gasteiger partial charge in [0.05, 0.1) is 11.0 Å². The molecular weight excluding hydrogens is 230 g/mol. The van der Waals surface area contributed by atoms with Crippen molar-refractivity contribution in [1.82, 2.24) is 0 Å². The Hall–Kier alpha value is -0.710. The van der Waals surface area contributed by atoms with Gasteiger partial charge in [0.15, 0.2) is 0 Å². The molecular formula is C12H18F2O3. The summed E-state index contributed by atoms with van der Waals surface area (Å²) in [4.78, 5) is 11.2. The van der Waals surface area contributed by atoms with Crippen molar-refractivity contribution in [2.45, 2.75) is 51.1 Å². The van der Waals surface area contributed by atoms with Crippen LogP contribution in [-0.2, 0) is 4.79 Å². The van der Waals surface area contributed by atoms with Crippen LogP contribution in [-0.4, -0.2) is 27.7 Å². The van der Waals surface area contributed by atoms with Crippen molar-refractivity contribution in [3.63, 3.8) is 0 Å². The largest absolute Gasteiger partial charge is 0.481 e. The number of alkyl halides is 2. The Labute approximate surface area is 98.8 Å². The normalized spacial score (nSPS) is 40.3. The maximum Gasteiger partial charge on any atom is 0.312 e. The SMILES string of the molecule is CC(C)(C(=O)O)[C@]1(O)C[C@H]2CC(F)(F)C[C@H]2C1. The Balaban J connectivity index is 2.17. The van der Waals surface area contributed by atoms with Crippen molar-refractivity contribution in [1.29, 1.82) is 0 Å². The Morgan fingerprint density at radius 3 is 1.94 bits per heavy atom. The third kappa shape index (κ3) is 1.84. The summed E-state index contributed by atoms with van der Waals surface area (Å²) in [6.07, 6.45) is -0.0789. The monoisotopic (exact) mass is 248 g/mol. The van der Waals surface area contributed by atoms with Gasteiger partial charge in [-0.15, -0.1) is 0 Å². The highest BCUT2D eigenvalue weighted by Gasteiger charge is 2.61. The van der Waals surface area contributed by atoms with E-state index in [9.17, 15) is 18.7 Å². The van der Waals surface area contributed by atoms with Crippen LogP contribution in [0.15, 0.2) is 0 Å². The second-order valence-electron chi connectivity index (χ2n) is 6.15. The van der Waals surface area contributed by atoms with Crippen LogP contribution >= 0.6 is 0 Å². The summed E-state index contributed by atoms with van der Waals surface area (Å²) >= 11 is 0. The van der Waals surface area contributed by atoms with Crippen molar-refractivity contribution in [2.24, 2.45) is 17.3 Å². The molecule has 2 aliphatic rings. The van der Waals surface area contributed by atoms with E-state index in [1.165, 1.54) is 13.8 Å². The van der Waals surface area contributed by atoms with Gasteiger partial charge in [0.2, 0.25) is 5.92 Å². The van der Waals surface area contributed by atoms with Gasteiger partial charge in [-0.1, -0.05) is 0 Å². The predicted molar refractivity (Wildman–Crippen MR) is 56.8 cm³/mol. The molecule has 0 aromatic carbocycles. The molecule has 2 saturated carbocycles. The number of rotatable bonds is 2. The number of hydrogen-bond donors (Lipinski definition) is 2. The Kier molecular flexibility index (Phi) is 2.55. The van der Waals surface area contributed by atoms with Gasteiger partial charge in [-0.3, -0.25) is 4.79 Å². The lowest BCUT2D eigenvalue weighted by Crippen LogP contribution is -2.48. The number of carboxylic acids is 1. The molecule has 3 atom stereocenters. The fraction of sp³-hybridized carbons (Fsp3) is 0.917. The number of hydrogen-bond acceptors (Lipinski definition) is 2. The quantitative estimate of drug-likeness (QED) is 0.788. The molecule has 0 aromatic heterocycles. The summed E-state index contributed by atoms with van der Waals surface area (Å²) in [6.45, 7) is 2.93. The average Bonchev–Trinajstić information content (AvgIpc) is 2.54. The minimum absolute atomic E-state index is 0.173. The van der Waals surface area contributed by atoms with E-state index >= 15 is 0 Å². The van der Waals surface area contributed by atoms with Gasteiger partial charge >= 0.3 is 5.97 Å². The highest BCUT2D eigenvalue weighted by molar-refractivity contribution is 5.75. The Morgan fingerprint density at radius 2 is 1.59 bits per heavy atom. The minimum atomic E-state index is -2.63. The maximum atomic E-state index is 13.2. The first-order valence-electron chi connectivity index (χ1n) is 5.91. The van der Waals surface area contributed by atoms with Crippen LogP contribution in [0.1, 0.15) is 39.5 Å². The van der Waals surface area contributed by atoms with Crippen LogP contribution in [0.25, 0.3) is 0 Å². The molecule has 2 aliphatic carbocycles. The van der Waals surface area contributed by atoms with Crippen LogP contribution in [0, 0.1) is 17.3 Å². The molecule has 0 aromatic rings. The van der Waals surface area contributed by atoms with Gasteiger partial charge in [-0.25, -0.2) is 8.78 Å². The topological polar surface area (TPSA) is 57.5 Å². The summed E-state index contributed by atoms with van der Waals surface area (Å²) in [5.41, 5.74) is -2.64. The van der Waals surface area contributed by atoms with Crippen LogP contribution in [0.4, 0.5) is 8.78 Å². The molecule has 0 aliphatic heterocycles. The first kappa shape index (κ1) is 12.7. The third-order valence-electron chi connectivity index (χ3n) is 4.69. The molecule has 3 nitrogen and oxygen atoms in total. The molecule has 0 spiro atoms. The fourth-order valence-corrected chi connectivity index (χ4v) is 3.32. The van der Waals surface area contributed by atoms with Gasteiger partial charge in [0, 0.05) is 12.8 Å². The second kappa shape index (κ2) is 3.40. The van der Waals surface area contributed by atoms with E-state index < -0.39 is 22.9 Å². The van der Waals surface area contributed by atoms with E-state index in [2.05, 4.69) is 0 Å². The van der Waals surface area contributed by atoms with Crippen LogP contribution in [0.2, 0.25) is 0 Å². The zero-order valence-electron chi connectivity index (χ0n) is 10.0. The highest BCUT2D eigenvalue weighted by atomic mass is 19.3. The fourth-order valence-electron chi connectivity index (χ4n) is 3.32. The van der Waals surface area contributed by atoms with Gasteiger partial charge in [0.25, 0.3) is 0 Å². The lowest BCUT2D eigenvalue weighted by atomic mass is 9.72. The molecule has 98 valence electrons. The van der Waals surface area contributed by atoms with Gasteiger partial charge in [-0.05, 0) is 38.5 Å². The van der Waals surface area contributed by atoms with E-state index in [4.69, 9.17) is 5.11 Å². The first-order chi connectivity index (χ1) is 7.57. The number of carbonyl (C=O) groups is 1. The summed E-state index contributed by atoms with van der Waals surface area (Å²) < 4.78 is 26.3. The zero-order valence-corrected chi connectivity index (χ0v) is 10.0. The van der Waals surface area contributed by atoms with Crippen molar-refractivity contribution in [2.75, 3.05) is 0 Å². The Bertz CT molecular complexity index is 336. The van der Waals surface area contributed by atoms with Gasteiger partial charge < -0.3 is 10.2 Å². The summed E-state index contributed by atoms with van der Waals surface area (Å²) in [6, 6.07) is 0. The number of aliphatic carboxylic acids is 1. The van der Waals surface area contributed by atoms with Gasteiger partial charge in [-0.2, -0.15) is 0 Å². The van der Waals surface area contributed by atoms with Crippen molar-refractivity contribution < 1.29 is 23.8 Å². The van der Waals surface area contributed by atoms with Crippen molar-refractivity contribution in [3.05, 3.63) is 0 Å². The van der Waals surface area contributed by atoms with Crippen LogP contribution < -0.4 is 0 Å². The second-order valence-corrected chi connectivity index (χ2v) is 6.15. The molecule has 2 rings (SSSR count). The molecule has 2 fully saturated rings. The van der Waals surface area contributed by atoms with Crippen LogP contribution in [0.5, 0.6) is 0 Å². The lowest BCUT2D eigenvalue weighted by Gasteiger charge is -2.37. The predicted octanol–water partition coefficient (Wildman–Crippen LogP) is 2.28. The lowest BCUT2D eigenvalue weighted by molar-refractivity contribution is -0.165. The molecule has 17 heavy (non-hydrogen) atoms.